The molecular weight excluding hydrogens is 263 g/mol. The summed E-state index contributed by atoms with van der Waals surface area (Å²) in [6.45, 7) is 3.90. The Labute approximate surface area is 125 Å². The monoisotopic (exact) mass is 282 g/mol. The topological polar surface area (TPSA) is 6.48 Å². The van der Waals surface area contributed by atoms with Crippen LogP contribution in [0.5, 0.6) is 0 Å². The summed E-state index contributed by atoms with van der Waals surface area (Å²) in [5, 5.41) is 0. The number of anilines is 1. The fraction of sp³-hybridized carbons (Fsp3) is 0.222. The van der Waals surface area contributed by atoms with Crippen LogP contribution in [0.3, 0.4) is 0 Å². The van der Waals surface area contributed by atoms with Gasteiger partial charge in [-0.1, -0.05) is 30.3 Å². The Morgan fingerprint density at radius 1 is 0.810 bits per heavy atom. The van der Waals surface area contributed by atoms with Crippen LogP contribution in [0.15, 0.2) is 60.8 Å². The highest BCUT2D eigenvalue weighted by atomic mass is 19.1. The standard InChI is InChI=1S/C18H19FN2/c19-17-6-8-18(9-7-17)21-14-12-20(13-15-21)11-10-16-4-2-1-3-5-16/h1-11H,12-15H2/b11-10+. The lowest BCUT2D eigenvalue weighted by atomic mass is 10.2. The summed E-state index contributed by atoms with van der Waals surface area (Å²) < 4.78 is 12.9. The Bertz CT molecular complexity index is 584. The number of hydrogen-bond acceptors (Lipinski definition) is 2. The lowest BCUT2D eigenvalue weighted by molar-refractivity contribution is 0.351. The number of hydrogen-bond donors (Lipinski definition) is 0. The molecule has 2 aromatic rings. The molecular formula is C18H19FN2. The van der Waals surface area contributed by atoms with Gasteiger partial charge in [0.1, 0.15) is 5.82 Å². The average molecular weight is 282 g/mol. The van der Waals surface area contributed by atoms with Crippen molar-refractivity contribution < 1.29 is 4.39 Å². The zero-order valence-corrected chi connectivity index (χ0v) is 12.0. The molecule has 108 valence electrons. The molecule has 1 aliphatic heterocycles. The molecule has 0 N–H and O–H groups in total. The highest BCUT2D eigenvalue weighted by molar-refractivity contribution is 5.49. The van der Waals surface area contributed by atoms with Crippen molar-refractivity contribution in [3.8, 4) is 0 Å². The summed E-state index contributed by atoms with van der Waals surface area (Å²) >= 11 is 0. The van der Waals surface area contributed by atoms with Crippen molar-refractivity contribution in [3.63, 3.8) is 0 Å². The molecule has 1 saturated heterocycles. The molecule has 3 rings (SSSR count). The minimum atomic E-state index is -0.178. The predicted molar refractivity (Wildman–Crippen MR) is 85.7 cm³/mol. The molecule has 0 radical (unpaired) electrons. The van der Waals surface area contributed by atoms with Crippen LogP contribution in [0.25, 0.3) is 6.08 Å². The summed E-state index contributed by atoms with van der Waals surface area (Å²) in [7, 11) is 0. The number of rotatable bonds is 3. The van der Waals surface area contributed by atoms with Crippen LogP contribution in [0, 0.1) is 5.82 Å². The highest BCUT2D eigenvalue weighted by Gasteiger charge is 2.14. The normalized spacial score (nSPS) is 15.7. The van der Waals surface area contributed by atoms with Crippen LogP contribution in [-0.4, -0.2) is 31.1 Å². The first-order chi connectivity index (χ1) is 10.3. The SMILES string of the molecule is Fc1ccc(N2CCN(/C=C/c3ccccc3)CC2)cc1. The van der Waals surface area contributed by atoms with Gasteiger partial charge in [-0.15, -0.1) is 0 Å². The Balaban J connectivity index is 1.55. The van der Waals surface area contributed by atoms with Gasteiger partial charge in [0, 0.05) is 31.9 Å². The lowest BCUT2D eigenvalue weighted by Crippen LogP contribution is -2.44. The largest absolute Gasteiger partial charge is 0.374 e. The maximum absolute atomic E-state index is 12.9. The van der Waals surface area contributed by atoms with Crippen molar-refractivity contribution in [2.75, 3.05) is 31.1 Å². The maximum atomic E-state index is 12.9. The van der Waals surface area contributed by atoms with Gasteiger partial charge in [-0.05, 0) is 42.1 Å². The van der Waals surface area contributed by atoms with Gasteiger partial charge in [0.25, 0.3) is 0 Å². The summed E-state index contributed by atoms with van der Waals surface area (Å²) in [6, 6.07) is 17.1. The van der Waals surface area contributed by atoms with Crippen molar-refractivity contribution in [3.05, 3.63) is 72.2 Å². The Hall–Kier alpha value is -2.29. The molecule has 1 fully saturated rings. The van der Waals surface area contributed by atoms with Crippen molar-refractivity contribution in [2.45, 2.75) is 0 Å². The third-order valence-electron chi connectivity index (χ3n) is 3.78. The van der Waals surface area contributed by atoms with Crippen molar-refractivity contribution in [1.29, 1.82) is 0 Å². The molecule has 2 nitrogen and oxygen atoms in total. The first-order valence-corrected chi connectivity index (χ1v) is 7.29. The van der Waals surface area contributed by atoms with Gasteiger partial charge < -0.3 is 9.80 Å². The van der Waals surface area contributed by atoms with E-state index in [1.54, 1.807) is 0 Å². The third kappa shape index (κ3) is 3.63. The highest BCUT2D eigenvalue weighted by Crippen LogP contribution is 2.17. The van der Waals surface area contributed by atoms with E-state index in [1.165, 1.54) is 17.7 Å². The van der Waals surface area contributed by atoms with Crippen molar-refractivity contribution in [2.24, 2.45) is 0 Å². The summed E-state index contributed by atoms with van der Waals surface area (Å²) in [6.07, 6.45) is 4.31. The lowest BCUT2D eigenvalue weighted by Gasteiger charge is -2.35. The van der Waals surface area contributed by atoms with E-state index in [0.29, 0.717) is 0 Å². The molecule has 0 bridgehead atoms. The van der Waals surface area contributed by atoms with Crippen LogP contribution in [0.2, 0.25) is 0 Å². The Morgan fingerprint density at radius 2 is 1.48 bits per heavy atom. The fourth-order valence-electron chi connectivity index (χ4n) is 2.54. The smallest absolute Gasteiger partial charge is 0.123 e. The summed E-state index contributed by atoms with van der Waals surface area (Å²) in [5.74, 6) is -0.178. The second kappa shape index (κ2) is 6.44. The van der Waals surface area contributed by atoms with Crippen LogP contribution >= 0.6 is 0 Å². The Morgan fingerprint density at radius 3 is 2.14 bits per heavy atom. The minimum Gasteiger partial charge on any atom is -0.374 e. The first kappa shape index (κ1) is 13.7. The van der Waals surface area contributed by atoms with E-state index in [1.807, 2.05) is 30.3 Å². The molecule has 0 saturated carbocycles. The van der Waals surface area contributed by atoms with Crippen molar-refractivity contribution in [1.82, 2.24) is 4.90 Å². The molecule has 3 heteroatoms. The quantitative estimate of drug-likeness (QED) is 0.848. The molecule has 0 unspecified atom stereocenters. The van der Waals surface area contributed by atoms with Crippen LogP contribution in [0.4, 0.5) is 10.1 Å². The fourth-order valence-corrected chi connectivity index (χ4v) is 2.54. The molecule has 1 heterocycles. The zero-order chi connectivity index (χ0) is 14.5. The van der Waals surface area contributed by atoms with Gasteiger partial charge in [-0.25, -0.2) is 4.39 Å². The zero-order valence-electron chi connectivity index (χ0n) is 12.0. The number of piperazine rings is 1. The van der Waals surface area contributed by atoms with Gasteiger partial charge in [0.05, 0.1) is 0 Å². The van der Waals surface area contributed by atoms with E-state index in [-0.39, 0.29) is 5.82 Å². The molecule has 0 aliphatic carbocycles. The van der Waals surface area contributed by atoms with Gasteiger partial charge >= 0.3 is 0 Å². The molecule has 0 atom stereocenters. The molecule has 21 heavy (non-hydrogen) atoms. The van der Waals surface area contributed by atoms with E-state index >= 15 is 0 Å². The minimum absolute atomic E-state index is 0.178. The molecule has 0 spiro atoms. The molecule has 1 aliphatic rings. The van der Waals surface area contributed by atoms with Gasteiger partial charge in [0.15, 0.2) is 0 Å². The van der Waals surface area contributed by atoms with Gasteiger partial charge in [0.2, 0.25) is 0 Å². The van der Waals surface area contributed by atoms with Crippen LogP contribution < -0.4 is 4.90 Å². The average Bonchev–Trinajstić information content (AvgIpc) is 2.55. The third-order valence-corrected chi connectivity index (χ3v) is 3.78. The van der Waals surface area contributed by atoms with E-state index in [9.17, 15) is 4.39 Å². The van der Waals surface area contributed by atoms with Gasteiger partial charge in [-0.2, -0.15) is 0 Å². The van der Waals surface area contributed by atoms with E-state index in [4.69, 9.17) is 0 Å². The summed E-state index contributed by atoms with van der Waals surface area (Å²) in [5.41, 5.74) is 2.32. The second-order valence-corrected chi connectivity index (χ2v) is 5.23. The van der Waals surface area contributed by atoms with Crippen molar-refractivity contribution >= 4 is 11.8 Å². The van der Waals surface area contributed by atoms with E-state index in [2.05, 4.69) is 34.2 Å². The van der Waals surface area contributed by atoms with E-state index < -0.39 is 0 Å². The van der Waals surface area contributed by atoms with Crippen LogP contribution in [0.1, 0.15) is 5.56 Å². The molecule has 0 amide bonds. The first-order valence-electron chi connectivity index (χ1n) is 7.29. The molecule has 2 aromatic carbocycles. The Kier molecular flexibility index (Phi) is 4.20. The second-order valence-electron chi connectivity index (χ2n) is 5.23. The maximum Gasteiger partial charge on any atom is 0.123 e. The van der Waals surface area contributed by atoms with Gasteiger partial charge in [-0.3, -0.25) is 0 Å². The number of nitrogens with zero attached hydrogens (tertiary/aromatic N) is 2. The molecule has 0 aromatic heterocycles. The number of halogens is 1. The van der Waals surface area contributed by atoms with Crippen LogP contribution in [-0.2, 0) is 0 Å². The predicted octanol–water partition coefficient (Wildman–Crippen LogP) is 3.62. The number of benzene rings is 2. The summed E-state index contributed by atoms with van der Waals surface area (Å²) in [4.78, 5) is 4.62. The van der Waals surface area contributed by atoms with E-state index in [0.717, 1.165) is 31.9 Å².